The molecule has 0 N–H and O–H groups in total. The van der Waals surface area contributed by atoms with Crippen molar-refractivity contribution < 1.29 is 4.79 Å². The Hall–Kier alpha value is -1.96. The molecule has 0 saturated heterocycles. The molecule has 112 valence electrons. The average molecular weight is 358 g/mol. The molecule has 2 heterocycles. The number of alkyl halides is 3. The predicted octanol–water partition coefficient (Wildman–Crippen LogP) is 2.88. The number of hydrogen-bond donors (Lipinski definition) is 0. The zero-order valence-corrected chi connectivity index (χ0v) is 13.0. The molecule has 0 atom stereocenters. The first-order valence-electron chi connectivity index (χ1n) is 5.96. The Labute approximate surface area is 139 Å². The molecule has 3 aromatic rings. The molecule has 3 rings (SSSR count). The molecule has 2 aromatic heterocycles. The molecule has 0 unspecified atom stereocenters. The summed E-state index contributed by atoms with van der Waals surface area (Å²) in [5, 5.41) is 7.75. The average Bonchev–Trinajstić information content (AvgIpc) is 3.16. The number of carbonyl (C=O) groups is 1. The van der Waals surface area contributed by atoms with Gasteiger partial charge >= 0.3 is 6.03 Å². The molecule has 0 aliphatic carbocycles. The van der Waals surface area contributed by atoms with Crippen molar-refractivity contribution >= 4 is 40.8 Å². The van der Waals surface area contributed by atoms with Crippen LogP contribution in [0.3, 0.4) is 0 Å². The van der Waals surface area contributed by atoms with Gasteiger partial charge in [0.15, 0.2) is 5.82 Å². The number of hydrogen-bond acceptors (Lipinski definition) is 5. The van der Waals surface area contributed by atoms with Gasteiger partial charge < -0.3 is 0 Å². The number of carbonyl (C=O) groups excluding carboxylic acids is 1. The number of nitrogens with zero attached hydrogens (tertiary/aromatic N) is 6. The summed E-state index contributed by atoms with van der Waals surface area (Å²) >= 11 is 17.4. The van der Waals surface area contributed by atoms with Gasteiger partial charge in [-0.05, 0) is 0 Å². The van der Waals surface area contributed by atoms with E-state index in [4.69, 9.17) is 34.8 Å². The Bertz CT molecular complexity index is 794. The second-order valence-corrected chi connectivity index (χ2v) is 6.44. The van der Waals surface area contributed by atoms with E-state index < -0.39 is 9.82 Å². The van der Waals surface area contributed by atoms with Crippen LogP contribution in [0.2, 0.25) is 0 Å². The van der Waals surface area contributed by atoms with E-state index in [2.05, 4.69) is 20.2 Å². The Kier molecular flexibility index (Phi) is 3.86. The second-order valence-electron chi connectivity index (χ2n) is 4.16. The van der Waals surface area contributed by atoms with Gasteiger partial charge in [0, 0.05) is 5.56 Å². The van der Waals surface area contributed by atoms with Gasteiger partial charge in [0.05, 0.1) is 0 Å². The van der Waals surface area contributed by atoms with Crippen molar-refractivity contribution in [1.29, 1.82) is 0 Å². The van der Waals surface area contributed by atoms with Crippen LogP contribution in [0.5, 0.6) is 0 Å². The zero-order valence-electron chi connectivity index (χ0n) is 10.8. The second kappa shape index (κ2) is 5.68. The minimum atomic E-state index is -1.85. The van der Waals surface area contributed by atoms with Crippen LogP contribution in [0.15, 0.2) is 43.0 Å². The monoisotopic (exact) mass is 356 g/mol. The molecule has 0 spiro atoms. The minimum Gasteiger partial charge on any atom is -0.243 e. The SMILES string of the molecule is O=C(n1cncn1)n1nc(C(Cl)(Cl)Cl)nc1-c1ccccc1. The van der Waals surface area contributed by atoms with E-state index in [1.165, 1.54) is 12.7 Å². The van der Waals surface area contributed by atoms with Crippen molar-refractivity contribution in [1.82, 2.24) is 29.5 Å². The predicted molar refractivity (Wildman–Crippen MR) is 80.9 cm³/mol. The first-order chi connectivity index (χ1) is 10.5. The molecule has 1 aromatic carbocycles. The quantitative estimate of drug-likeness (QED) is 0.626. The van der Waals surface area contributed by atoms with Crippen LogP contribution in [-0.2, 0) is 3.79 Å². The summed E-state index contributed by atoms with van der Waals surface area (Å²) in [6, 6.07) is 8.35. The number of rotatable bonds is 1. The Morgan fingerprint density at radius 2 is 1.86 bits per heavy atom. The summed E-state index contributed by atoms with van der Waals surface area (Å²) in [4.78, 5) is 20.3. The first-order valence-corrected chi connectivity index (χ1v) is 7.09. The maximum absolute atomic E-state index is 12.4. The minimum absolute atomic E-state index is 0.107. The maximum Gasteiger partial charge on any atom is 0.372 e. The van der Waals surface area contributed by atoms with Crippen LogP contribution in [0, 0.1) is 0 Å². The fourth-order valence-corrected chi connectivity index (χ4v) is 1.98. The highest BCUT2D eigenvalue weighted by Gasteiger charge is 2.31. The topological polar surface area (TPSA) is 78.5 Å². The van der Waals surface area contributed by atoms with Crippen LogP contribution in [0.4, 0.5) is 4.79 Å². The number of halogens is 3. The van der Waals surface area contributed by atoms with Gasteiger partial charge in [-0.1, -0.05) is 65.1 Å². The molecule has 0 radical (unpaired) electrons. The normalized spacial score (nSPS) is 11.6. The van der Waals surface area contributed by atoms with Gasteiger partial charge in [-0.2, -0.15) is 14.5 Å². The van der Waals surface area contributed by atoms with Crippen LogP contribution < -0.4 is 0 Å². The van der Waals surface area contributed by atoms with Crippen molar-refractivity contribution in [2.24, 2.45) is 0 Å². The molecule has 10 heteroatoms. The molecular weight excluding hydrogens is 351 g/mol. The molecule has 0 aliphatic rings. The van der Waals surface area contributed by atoms with E-state index in [0.29, 0.717) is 5.56 Å². The fraction of sp³-hybridized carbons (Fsp3) is 0.0833. The van der Waals surface area contributed by atoms with Crippen molar-refractivity contribution in [3.05, 3.63) is 48.8 Å². The van der Waals surface area contributed by atoms with Crippen LogP contribution in [0.25, 0.3) is 11.4 Å². The molecule has 0 fully saturated rings. The zero-order chi connectivity index (χ0) is 15.7. The largest absolute Gasteiger partial charge is 0.372 e. The first kappa shape index (κ1) is 15.0. The highest BCUT2D eigenvalue weighted by atomic mass is 35.6. The third-order valence-electron chi connectivity index (χ3n) is 2.69. The standard InChI is InChI=1S/C12H7Cl3N6O/c13-12(14,15)10-18-9(8-4-2-1-3-5-8)21(19-10)11(22)20-7-16-6-17-20/h1-7H. The lowest BCUT2D eigenvalue weighted by Crippen LogP contribution is -2.22. The van der Waals surface area contributed by atoms with Crippen molar-refractivity contribution in [2.75, 3.05) is 0 Å². The highest BCUT2D eigenvalue weighted by Crippen LogP contribution is 2.37. The van der Waals surface area contributed by atoms with Crippen LogP contribution >= 0.6 is 34.8 Å². The van der Waals surface area contributed by atoms with E-state index in [0.717, 1.165) is 9.36 Å². The Balaban J connectivity index is 2.16. The lowest BCUT2D eigenvalue weighted by Gasteiger charge is -2.04. The molecule has 0 bridgehead atoms. The summed E-state index contributed by atoms with van der Waals surface area (Å²) in [7, 11) is 0. The molecular formula is C12H7Cl3N6O. The molecule has 0 aliphatic heterocycles. The molecule has 22 heavy (non-hydrogen) atoms. The maximum atomic E-state index is 12.4. The molecule has 0 saturated carbocycles. The Morgan fingerprint density at radius 1 is 1.14 bits per heavy atom. The Morgan fingerprint density at radius 3 is 2.45 bits per heavy atom. The van der Waals surface area contributed by atoms with Gasteiger partial charge in [-0.25, -0.2) is 14.8 Å². The van der Waals surface area contributed by atoms with E-state index >= 15 is 0 Å². The molecule has 0 amide bonds. The molecule has 7 nitrogen and oxygen atoms in total. The summed E-state index contributed by atoms with van der Waals surface area (Å²) in [6.07, 6.45) is 2.47. The fourth-order valence-electron chi connectivity index (χ4n) is 1.74. The third kappa shape index (κ3) is 2.83. The number of aromatic nitrogens is 6. The van der Waals surface area contributed by atoms with Gasteiger partial charge in [0.1, 0.15) is 12.7 Å². The van der Waals surface area contributed by atoms with Gasteiger partial charge in [0.2, 0.25) is 5.82 Å². The van der Waals surface area contributed by atoms with Crippen molar-refractivity contribution in [2.45, 2.75) is 3.79 Å². The highest BCUT2D eigenvalue weighted by molar-refractivity contribution is 6.66. The van der Waals surface area contributed by atoms with E-state index in [1.807, 2.05) is 6.07 Å². The van der Waals surface area contributed by atoms with Gasteiger partial charge in [-0.15, -0.1) is 5.10 Å². The van der Waals surface area contributed by atoms with Gasteiger partial charge in [0.25, 0.3) is 3.79 Å². The van der Waals surface area contributed by atoms with Gasteiger partial charge in [-0.3, -0.25) is 0 Å². The smallest absolute Gasteiger partial charge is 0.243 e. The summed E-state index contributed by atoms with van der Waals surface area (Å²) in [5.41, 5.74) is 0.643. The lowest BCUT2D eigenvalue weighted by atomic mass is 10.2. The van der Waals surface area contributed by atoms with E-state index in [9.17, 15) is 4.79 Å². The summed E-state index contributed by atoms with van der Waals surface area (Å²) in [6.45, 7) is 0. The van der Waals surface area contributed by atoms with Crippen molar-refractivity contribution in [3.63, 3.8) is 0 Å². The van der Waals surface area contributed by atoms with E-state index in [-0.39, 0.29) is 11.6 Å². The third-order valence-corrected chi connectivity index (χ3v) is 3.20. The lowest BCUT2D eigenvalue weighted by molar-refractivity contribution is 0.238. The van der Waals surface area contributed by atoms with Crippen molar-refractivity contribution in [3.8, 4) is 11.4 Å². The summed E-state index contributed by atoms with van der Waals surface area (Å²) in [5.74, 6) is 0.132. The van der Waals surface area contributed by atoms with E-state index in [1.54, 1.807) is 24.3 Å². The van der Waals surface area contributed by atoms with Crippen LogP contribution in [-0.4, -0.2) is 35.6 Å². The van der Waals surface area contributed by atoms with Crippen LogP contribution in [0.1, 0.15) is 5.82 Å². The number of benzene rings is 1. The summed E-state index contributed by atoms with van der Waals surface area (Å²) < 4.78 is 0.169.